The third kappa shape index (κ3) is 3.09. The summed E-state index contributed by atoms with van der Waals surface area (Å²) in [6.45, 7) is 0.517. The van der Waals surface area contributed by atoms with Gasteiger partial charge in [-0.05, 0) is 42.3 Å². The third-order valence-corrected chi connectivity index (χ3v) is 4.16. The number of fused-ring (bicyclic) bond motifs is 1. The maximum atomic E-state index is 10.7. The minimum atomic E-state index is -0.538. The Bertz CT molecular complexity index is 764. The van der Waals surface area contributed by atoms with Crippen LogP contribution in [0.2, 0.25) is 0 Å². The molecule has 0 fully saturated rings. The number of aliphatic hydroxyl groups is 1. The van der Waals surface area contributed by atoms with E-state index >= 15 is 0 Å². The van der Waals surface area contributed by atoms with Crippen molar-refractivity contribution in [1.29, 1.82) is 0 Å². The van der Waals surface area contributed by atoms with Gasteiger partial charge in [0.15, 0.2) is 0 Å². The van der Waals surface area contributed by atoms with Crippen molar-refractivity contribution in [1.82, 2.24) is 9.88 Å². The fourth-order valence-electron chi connectivity index (χ4n) is 3.04. The Hall–Kier alpha value is -2.30. The normalized spacial score (nSPS) is 13.9. The van der Waals surface area contributed by atoms with Gasteiger partial charge in [0, 0.05) is 18.3 Å². The third-order valence-electron chi connectivity index (χ3n) is 4.16. The second kappa shape index (κ2) is 6.86. The predicted octanol–water partition coefficient (Wildman–Crippen LogP) is 2.82. The molecule has 2 N–H and O–H groups in total. The van der Waals surface area contributed by atoms with Gasteiger partial charge < -0.3 is 19.7 Å². The molecule has 23 heavy (non-hydrogen) atoms. The van der Waals surface area contributed by atoms with Gasteiger partial charge in [-0.25, -0.2) is 0 Å². The molecule has 1 heterocycles. The van der Waals surface area contributed by atoms with E-state index in [1.807, 2.05) is 49.6 Å². The first kappa shape index (κ1) is 15.6. The van der Waals surface area contributed by atoms with Crippen molar-refractivity contribution >= 4 is 10.9 Å². The zero-order valence-electron chi connectivity index (χ0n) is 13.4. The topological polar surface area (TPSA) is 46.4 Å². The highest BCUT2D eigenvalue weighted by atomic mass is 16.5. The van der Waals surface area contributed by atoms with E-state index in [4.69, 9.17) is 4.74 Å². The van der Waals surface area contributed by atoms with Gasteiger partial charge in [0.1, 0.15) is 5.75 Å². The highest BCUT2D eigenvalue weighted by Crippen LogP contribution is 2.29. The summed E-state index contributed by atoms with van der Waals surface area (Å²) >= 11 is 0. The number of aromatic nitrogens is 1. The smallest absolute Gasteiger partial charge is 0.118 e. The summed E-state index contributed by atoms with van der Waals surface area (Å²) in [6, 6.07) is 18.0. The number of benzene rings is 2. The van der Waals surface area contributed by atoms with Crippen LogP contribution in [0.1, 0.15) is 11.6 Å². The van der Waals surface area contributed by atoms with Crippen molar-refractivity contribution in [3.8, 4) is 5.75 Å². The summed E-state index contributed by atoms with van der Waals surface area (Å²) in [4.78, 5) is 0. The van der Waals surface area contributed by atoms with Gasteiger partial charge in [-0.3, -0.25) is 0 Å². The summed E-state index contributed by atoms with van der Waals surface area (Å²) in [7, 11) is 3.50. The lowest BCUT2D eigenvalue weighted by Crippen LogP contribution is -2.33. The number of aliphatic hydroxyl groups excluding tert-OH is 1. The number of nitrogens with zero attached hydrogens (tertiary/aromatic N) is 1. The van der Waals surface area contributed by atoms with E-state index in [0.717, 1.165) is 16.8 Å². The summed E-state index contributed by atoms with van der Waals surface area (Å²) in [5, 5.41) is 14.9. The SMILES string of the molecule is CNCC(O)C(c1ccc(OC)cc1)n1ccc2ccccc21. The van der Waals surface area contributed by atoms with Crippen LogP contribution in [-0.4, -0.2) is 36.5 Å². The molecule has 0 aliphatic rings. The number of ether oxygens (including phenoxy) is 1. The first-order chi connectivity index (χ1) is 11.2. The predicted molar refractivity (Wildman–Crippen MR) is 93.0 cm³/mol. The average Bonchev–Trinajstić information content (AvgIpc) is 3.00. The summed E-state index contributed by atoms with van der Waals surface area (Å²) in [6.07, 6.45) is 1.50. The lowest BCUT2D eigenvalue weighted by Gasteiger charge is -2.26. The molecule has 2 unspecified atom stereocenters. The molecule has 0 radical (unpaired) electrons. The highest BCUT2D eigenvalue weighted by molar-refractivity contribution is 5.80. The molecule has 3 aromatic rings. The van der Waals surface area contributed by atoms with Crippen LogP contribution < -0.4 is 10.1 Å². The number of hydrogen-bond donors (Lipinski definition) is 2. The van der Waals surface area contributed by atoms with Crippen LogP contribution in [0.25, 0.3) is 10.9 Å². The Morgan fingerprint density at radius 2 is 1.83 bits per heavy atom. The number of likely N-dealkylation sites (N-methyl/N-ethyl adjacent to an activating group) is 1. The zero-order chi connectivity index (χ0) is 16.2. The lowest BCUT2D eigenvalue weighted by atomic mass is 10.0. The molecule has 0 aliphatic heterocycles. The van der Waals surface area contributed by atoms with Crippen molar-refractivity contribution in [3.63, 3.8) is 0 Å². The molecular formula is C19H22N2O2. The second-order valence-electron chi connectivity index (χ2n) is 5.62. The molecule has 0 amide bonds. The minimum absolute atomic E-state index is 0.159. The number of methoxy groups -OCH3 is 1. The van der Waals surface area contributed by atoms with Gasteiger partial charge in [-0.2, -0.15) is 0 Å². The first-order valence-electron chi connectivity index (χ1n) is 7.77. The number of rotatable bonds is 6. The van der Waals surface area contributed by atoms with Crippen LogP contribution in [0, 0.1) is 0 Å². The highest BCUT2D eigenvalue weighted by Gasteiger charge is 2.23. The van der Waals surface area contributed by atoms with Crippen molar-refractivity contribution in [3.05, 3.63) is 66.4 Å². The molecule has 4 nitrogen and oxygen atoms in total. The average molecular weight is 310 g/mol. The van der Waals surface area contributed by atoms with Crippen LogP contribution in [-0.2, 0) is 0 Å². The van der Waals surface area contributed by atoms with Crippen LogP contribution in [0.15, 0.2) is 60.8 Å². The fraction of sp³-hybridized carbons (Fsp3) is 0.263. The molecule has 0 saturated heterocycles. The van der Waals surface area contributed by atoms with Crippen molar-refractivity contribution in [2.24, 2.45) is 0 Å². The summed E-state index contributed by atoms with van der Waals surface area (Å²) < 4.78 is 7.37. The van der Waals surface area contributed by atoms with Crippen molar-refractivity contribution in [2.45, 2.75) is 12.1 Å². The number of hydrogen-bond acceptors (Lipinski definition) is 3. The molecule has 3 rings (SSSR count). The van der Waals surface area contributed by atoms with E-state index in [0.29, 0.717) is 6.54 Å². The van der Waals surface area contributed by atoms with Gasteiger partial charge >= 0.3 is 0 Å². The van der Waals surface area contributed by atoms with Gasteiger partial charge in [-0.15, -0.1) is 0 Å². The van der Waals surface area contributed by atoms with E-state index in [9.17, 15) is 5.11 Å². The van der Waals surface area contributed by atoms with E-state index < -0.39 is 6.10 Å². The maximum Gasteiger partial charge on any atom is 0.118 e. The summed E-state index contributed by atoms with van der Waals surface area (Å²) in [5.74, 6) is 0.813. The Balaban J connectivity index is 2.07. The maximum absolute atomic E-state index is 10.7. The Labute approximate surface area is 136 Å². The molecule has 0 saturated carbocycles. The lowest BCUT2D eigenvalue weighted by molar-refractivity contribution is 0.132. The second-order valence-corrected chi connectivity index (χ2v) is 5.62. The van der Waals surface area contributed by atoms with Gasteiger partial charge in [0.05, 0.1) is 19.3 Å². The van der Waals surface area contributed by atoms with E-state index in [2.05, 4.69) is 28.1 Å². The standard InChI is InChI=1S/C19H22N2O2/c1-20-13-18(22)19(15-7-9-16(23-2)10-8-15)21-12-11-14-5-3-4-6-17(14)21/h3-12,18-20,22H,13H2,1-2H3. The largest absolute Gasteiger partial charge is 0.497 e. The van der Waals surface area contributed by atoms with Crippen molar-refractivity contribution in [2.75, 3.05) is 20.7 Å². The van der Waals surface area contributed by atoms with Gasteiger partial charge in [0.2, 0.25) is 0 Å². The van der Waals surface area contributed by atoms with Crippen molar-refractivity contribution < 1.29 is 9.84 Å². The summed E-state index contributed by atoms with van der Waals surface area (Å²) in [5.41, 5.74) is 2.17. The zero-order valence-corrected chi connectivity index (χ0v) is 13.4. The van der Waals surface area contributed by atoms with E-state index in [-0.39, 0.29) is 6.04 Å². The van der Waals surface area contributed by atoms with E-state index in [1.54, 1.807) is 7.11 Å². The fourth-order valence-corrected chi connectivity index (χ4v) is 3.04. The Kier molecular flexibility index (Phi) is 4.65. The molecule has 2 atom stereocenters. The van der Waals surface area contributed by atoms with Gasteiger partial charge in [0.25, 0.3) is 0 Å². The molecule has 120 valence electrons. The Morgan fingerprint density at radius 3 is 2.52 bits per heavy atom. The molecular weight excluding hydrogens is 288 g/mol. The molecule has 0 spiro atoms. The van der Waals surface area contributed by atoms with Crippen LogP contribution in [0.3, 0.4) is 0 Å². The minimum Gasteiger partial charge on any atom is -0.497 e. The van der Waals surface area contributed by atoms with Gasteiger partial charge in [-0.1, -0.05) is 30.3 Å². The molecule has 0 aliphatic carbocycles. The van der Waals surface area contributed by atoms with Crippen LogP contribution in [0.4, 0.5) is 0 Å². The van der Waals surface area contributed by atoms with E-state index in [1.165, 1.54) is 5.39 Å². The molecule has 2 aromatic carbocycles. The Morgan fingerprint density at radius 1 is 1.09 bits per heavy atom. The van der Waals surface area contributed by atoms with Crippen LogP contribution in [0.5, 0.6) is 5.75 Å². The quantitative estimate of drug-likeness (QED) is 0.736. The van der Waals surface area contributed by atoms with Crippen LogP contribution >= 0.6 is 0 Å². The number of nitrogens with one attached hydrogen (secondary N) is 1. The number of para-hydroxylation sites is 1. The molecule has 1 aromatic heterocycles. The molecule has 4 heteroatoms. The monoisotopic (exact) mass is 310 g/mol. The molecule has 0 bridgehead atoms. The first-order valence-corrected chi connectivity index (χ1v) is 7.77.